The number of halogens is 2. The molecule has 1 aromatic heterocycles. The van der Waals surface area contributed by atoms with Crippen molar-refractivity contribution in [2.75, 3.05) is 6.54 Å². The smallest absolute Gasteiger partial charge is 0.217 e. The zero-order chi connectivity index (χ0) is 21.7. The van der Waals surface area contributed by atoms with Gasteiger partial charge in [0.2, 0.25) is 5.91 Å². The zero-order valence-electron chi connectivity index (χ0n) is 17.4. The van der Waals surface area contributed by atoms with Gasteiger partial charge < -0.3 is 15.7 Å². The summed E-state index contributed by atoms with van der Waals surface area (Å²) in [5, 5.41) is 16.9. The third kappa shape index (κ3) is 5.83. The number of carbonyl (C=O) groups is 1. The van der Waals surface area contributed by atoms with E-state index in [9.17, 15) is 18.7 Å². The molecule has 0 saturated carbocycles. The molecule has 3 atom stereocenters. The molecule has 5 nitrogen and oxygen atoms in total. The molecule has 1 aromatic carbocycles. The minimum absolute atomic E-state index is 0.0759. The topological polar surface area (TPSA) is 74.2 Å². The number of nitrogens with zero attached hydrogens (tertiary/aromatic N) is 1. The second-order valence-corrected chi connectivity index (χ2v) is 7.94. The number of hydrogen-bond donors (Lipinski definition) is 3. The Morgan fingerprint density at radius 1 is 1.23 bits per heavy atom. The van der Waals surface area contributed by atoms with Crippen LogP contribution in [0, 0.1) is 11.6 Å². The van der Waals surface area contributed by atoms with Gasteiger partial charge in [-0.25, -0.2) is 8.78 Å². The van der Waals surface area contributed by atoms with E-state index < -0.39 is 23.8 Å². The number of aromatic nitrogens is 1. The average Bonchev–Trinajstić information content (AvgIpc) is 2.70. The minimum Gasteiger partial charge on any atom is -0.390 e. The maximum absolute atomic E-state index is 13.5. The lowest BCUT2D eigenvalue weighted by Gasteiger charge is -2.29. The number of benzene rings is 1. The van der Waals surface area contributed by atoms with Crippen LogP contribution in [0.4, 0.5) is 8.78 Å². The number of fused-ring (bicyclic) bond motifs is 1. The van der Waals surface area contributed by atoms with E-state index in [1.807, 2.05) is 6.20 Å². The summed E-state index contributed by atoms with van der Waals surface area (Å²) < 4.78 is 27.1. The Balaban J connectivity index is 1.69. The van der Waals surface area contributed by atoms with Crippen LogP contribution < -0.4 is 10.6 Å². The fraction of sp³-hybridized carbons (Fsp3) is 0.478. The molecule has 3 N–H and O–H groups in total. The number of pyridine rings is 1. The van der Waals surface area contributed by atoms with Crippen molar-refractivity contribution in [2.45, 2.75) is 64.1 Å². The van der Waals surface area contributed by atoms with Gasteiger partial charge in [-0.05, 0) is 60.9 Å². The Morgan fingerprint density at radius 3 is 2.63 bits per heavy atom. The molecule has 0 fully saturated rings. The normalized spacial score (nSPS) is 17.8. The Labute approximate surface area is 175 Å². The van der Waals surface area contributed by atoms with Crippen LogP contribution in [0.2, 0.25) is 0 Å². The second kappa shape index (κ2) is 10.1. The first-order valence-corrected chi connectivity index (χ1v) is 10.5. The van der Waals surface area contributed by atoms with Gasteiger partial charge in [-0.3, -0.25) is 9.78 Å². The van der Waals surface area contributed by atoms with Crippen molar-refractivity contribution in [1.82, 2.24) is 15.6 Å². The predicted octanol–water partition coefficient (Wildman–Crippen LogP) is 3.00. The highest BCUT2D eigenvalue weighted by Gasteiger charge is 2.25. The zero-order valence-corrected chi connectivity index (χ0v) is 17.4. The van der Waals surface area contributed by atoms with Crippen molar-refractivity contribution < 1.29 is 18.7 Å². The number of rotatable bonds is 8. The number of nitrogens with one attached hydrogen (secondary N) is 2. The van der Waals surface area contributed by atoms with Gasteiger partial charge in [-0.2, -0.15) is 0 Å². The first-order valence-electron chi connectivity index (χ1n) is 10.5. The molecule has 162 valence electrons. The molecule has 1 aliphatic rings. The van der Waals surface area contributed by atoms with E-state index in [1.165, 1.54) is 24.6 Å². The second-order valence-electron chi connectivity index (χ2n) is 7.94. The van der Waals surface area contributed by atoms with E-state index in [-0.39, 0.29) is 24.9 Å². The van der Waals surface area contributed by atoms with Gasteiger partial charge in [0.25, 0.3) is 0 Å². The maximum atomic E-state index is 13.5. The Kier molecular flexibility index (Phi) is 7.50. The van der Waals surface area contributed by atoms with E-state index in [0.29, 0.717) is 5.56 Å². The molecule has 0 saturated heterocycles. The number of amides is 1. The Hall–Kier alpha value is -2.38. The van der Waals surface area contributed by atoms with Gasteiger partial charge in [-0.15, -0.1) is 0 Å². The van der Waals surface area contributed by atoms with Crippen LogP contribution >= 0.6 is 0 Å². The Bertz CT molecular complexity index is 870. The first-order chi connectivity index (χ1) is 14.4. The number of aryl methyl sites for hydroxylation is 2. The summed E-state index contributed by atoms with van der Waals surface area (Å²) in [6.45, 7) is 3.68. The maximum Gasteiger partial charge on any atom is 0.217 e. The number of aliphatic hydroxyl groups excluding tert-OH is 1. The number of carbonyl (C=O) groups excluding carboxylic acids is 1. The van der Waals surface area contributed by atoms with Crippen molar-refractivity contribution in [1.29, 1.82) is 0 Å². The van der Waals surface area contributed by atoms with Crippen LogP contribution in [0.25, 0.3) is 0 Å². The van der Waals surface area contributed by atoms with E-state index in [4.69, 9.17) is 0 Å². The van der Waals surface area contributed by atoms with Crippen LogP contribution in [0.1, 0.15) is 55.1 Å². The lowest BCUT2D eigenvalue weighted by Crippen LogP contribution is -2.48. The summed E-state index contributed by atoms with van der Waals surface area (Å²) >= 11 is 0. The molecule has 1 amide bonds. The van der Waals surface area contributed by atoms with Gasteiger partial charge in [0.15, 0.2) is 0 Å². The molecule has 3 rings (SSSR count). The molecule has 1 aliphatic carbocycles. The average molecular weight is 418 g/mol. The summed E-state index contributed by atoms with van der Waals surface area (Å²) in [7, 11) is 0. The molecule has 0 spiro atoms. The first kappa shape index (κ1) is 22.3. The third-order valence-corrected chi connectivity index (χ3v) is 5.55. The number of aliphatic hydroxyl groups is 1. The molecular weight excluding hydrogens is 388 g/mol. The van der Waals surface area contributed by atoms with Crippen molar-refractivity contribution >= 4 is 5.91 Å². The number of hydrogen-bond acceptors (Lipinski definition) is 4. The molecular formula is C23H29F2N3O2. The largest absolute Gasteiger partial charge is 0.390 e. The molecule has 0 radical (unpaired) electrons. The third-order valence-electron chi connectivity index (χ3n) is 5.55. The van der Waals surface area contributed by atoms with Crippen molar-refractivity contribution in [3.8, 4) is 0 Å². The fourth-order valence-corrected chi connectivity index (χ4v) is 4.03. The lowest BCUT2D eigenvalue weighted by molar-refractivity contribution is -0.120. The highest BCUT2D eigenvalue weighted by atomic mass is 19.1. The highest BCUT2D eigenvalue weighted by Crippen LogP contribution is 2.29. The van der Waals surface area contributed by atoms with E-state index in [1.54, 1.807) is 0 Å². The quantitative estimate of drug-likeness (QED) is 0.617. The monoisotopic (exact) mass is 417 g/mol. The summed E-state index contributed by atoms with van der Waals surface area (Å²) in [5.74, 6) is -1.68. The Morgan fingerprint density at radius 2 is 1.97 bits per heavy atom. The molecule has 0 unspecified atom stereocenters. The van der Waals surface area contributed by atoms with Gasteiger partial charge in [0.1, 0.15) is 11.6 Å². The van der Waals surface area contributed by atoms with Crippen LogP contribution in [0.15, 0.2) is 30.5 Å². The van der Waals surface area contributed by atoms with Gasteiger partial charge in [0, 0.05) is 37.5 Å². The molecule has 0 aliphatic heterocycles. The van der Waals surface area contributed by atoms with Crippen molar-refractivity contribution in [2.24, 2.45) is 0 Å². The minimum atomic E-state index is -0.923. The highest BCUT2D eigenvalue weighted by molar-refractivity contribution is 5.73. The van der Waals surface area contributed by atoms with Crippen LogP contribution in [0.5, 0.6) is 0 Å². The van der Waals surface area contributed by atoms with E-state index >= 15 is 0 Å². The fourth-order valence-electron chi connectivity index (χ4n) is 4.03. The lowest BCUT2D eigenvalue weighted by atomic mass is 9.89. The standard InChI is InChI=1S/C23H29F2N3O2/c1-3-15-9-19-20(26-12-15)5-4-6-21(19)27-13-23(30)22(28-14(2)29)10-16-7-17(24)11-18(25)8-16/h7-9,11-12,21-23,27,30H,3-6,10,13H2,1-2H3,(H,28,29)/t21-,22+,23-/m1/s1. The van der Waals surface area contributed by atoms with Crippen molar-refractivity contribution in [3.05, 3.63) is 64.5 Å². The van der Waals surface area contributed by atoms with Crippen molar-refractivity contribution in [3.63, 3.8) is 0 Å². The summed E-state index contributed by atoms with van der Waals surface area (Å²) in [5.41, 5.74) is 3.80. The SMILES string of the molecule is CCc1cnc2c(c1)[C@H](NC[C@@H](O)[C@H](Cc1cc(F)cc(F)c1)NC(C)=O)CCC2. The summed E-state index contributed by atoms with van der Waals surface area (Å²) in [6.07, 6.45) is 4.92. The summed E-state index contributed by atoms with van der Waals surface area (Å²) in [6, 6.07) is 4.81. The predicted molar refractivity (Wildman–Crippen MR) is 111 cm³/mol. The van der Waals surface area contributed by atoms with E-state index in [0.717, 1.165) is 43.0 Å². The van der Waals surface area contributed by atoms with Crippen LogP contribution in [0.3, 0.4) is 0 Å². The van der Waals surface area contributed by atoms with Crippen LogP contribution in [-0.2, 0) is 24.1 Å². The van der Waals surface area contributed by atoms with E-state index in [2.05, 4.69) is 28.6 Å². The molecule has 30 heavy (non-hydrogen) atoms. The molecule has 2 aromatic rings. The van der Waals surface area contributed by atoms with Gasteiger partial charge in [0.05, 0.1) is 12.1 Å². The van der Waals surface area contributed by atoms with Crippen LogP contribution in [-0.4, -0.2) is 34.7 Å². The molecule has 0 bridgehead atoms. The molecule has 7 heteroatoms. The molecule has 1 heterocycles. The van der Waals surface area contributed by atoms with Gasteiger partial charge >= 0.3 is 0 Å². The van der Waals surface area contributed by atoms with Gasteiger partial charge in [-0.1, -0.05) is 13.0 Å². The summed E-state index contributed by atoms with van der Waals surface area (Å²) in [4.78, 5) is 16.2.